The summed E-state index contributed by atoms with van der Waals surface area (Å²) >= 11 is 0.974. The second kappa shape index (κ2) is 11.4. The number of carboxylic acid groups (broad SMARTS) is 1. The number of rotatable bonds is 9. The van der Waals surface area contributed by atoms with E-state index in [1.54, 1.807) is 0 Å². The number of anilines is 1. The Hall–Kier alpha value is -3.76. The van der Waals surface area contributed by atoms with Crippen LogP contribution in [0.25, 0.3) is 21.7 Å². The Morgan fingerprint density at radius 3 is 2.23 bits per heavy atom. The Balaban J connectivity index is 1.18. The van der Waals surface area contributed by atoms with E-state index < -0.39 is 27.4 Å². The van der Waals surface area contributed by atoms with Gasteiger partial charge < -0.3 is 9.84 Å². The van der Waals surface area contributed by atoms with Crippen molar-refractivity contribution in [2.45, 2.75) is 55.1 Å². The second-order valence-electron chi connectivity index (χ2n) is 11.7. The number of nitrogens with one attached hydrogen (secondary N) is 1. The minimum atomic E-state index is -4.15. The van der Waals surface area contributed by atoms with Gasteiger partial charge in [0.25, 0.3) is 10.0 Å². The van der Waals surface area contributed by atoms with Crippen LogP contribution < -0.4 is 9.46 Å². The number of benzene rings is 3. The molecule has 10 heteroatoms. The van der Waals surface area contributed by atoms with E-state index in [9.17, 15) is 17.6 Å². The Bertz CT molecular complexity index is 1760. The van der Waals surface area contributed by atoms with Gasteiger partial charge in [-0.1, -0.05) is 68.3 Å². The van der Waals surface area contributed by atoms with Gasteiger partial charge in [-0.25, -0.2) is 22.6 Å². The number of carbonyl (C=O) groups is 1. The lowest BCUT2D eigenvalue weighted by Gasteiger charge is -2.41. The molecule has 1 aromatic heterocycles. The normalized spacial score (nSPS) is 21.5. The summed E-state index contributed by atoms with van der Waals surface area (Å²) in [6.07, 6.45) is 9.20. The molecule has 2 aliphatic rings. The first kappa shape index (κ1) is 29.3. The number of hydrogen-bond donors (Lipinski definition) is 2. The number of thiazole rings is 1. The first-order chi connectivity index (χ1) is 20.6. The molecular weight excluding hydrogens is 588 g/mol. The van der Waals surface area contributed by atoms with Gasteiger partial charge in [0.05, 0.1) is 24.6 Å². The van der Waals surface area contributed by atoms with Gasteiger partial charge in [-0.2, -0.15) is 0 Å². The van der Waals surface area contributed by atoms with Crippen molar-refractivity contribution in [2.75, 3.05) is 11.8 Å². The maximum absolute atomic E-state index is 14.3. The predicted octanol–water partition coefficient (Wildman–Crippen LogP) is 7.98. The molecule has 224 valence electrons. The molecule has 2 N–H and O–H groups in total. The van der Waals surface area contributed by atoms with Crippen molar-refractivity contribution in [3.63, 3.8) is 0 Å². The van der Waals surface area contributed by atoms with Crippen molar-refractivity contribution in [3.05, 3.63) is 83.8 Å². The van der Waals surface area contributed by atoms with Crippen molar-refractivity contribution >= 4 is 33.0 Å². The number of sulfonamides is 1. The average molecular weight is 621 g/mol. The molecule has 43 heavy (non-hydrogen) atoms. The number of fused-ring (bicyclic) bond motifs is 2. The molecule has 0 radical (unpaired) electrons. The maximum Gasteiger partial charge on any atom is 0.338 e. The molecule has 7 nitrogen and oxygen atoms in total. The van der Waals surface area contributed by atoms with Crippen molar-refractivity contribution in [3.8, 4) is 27.4 Å². The second-order valence-corrected chi connectivity index (χ2v) is 14.6. The van der Waals surface area contributed by atoms with E-state index in [0.29, 0.717) is 10.4 Å². The van der Waals surface area contributed by atoms with Gasteiger partial charge in [0.2, 0.25) is 0 Å². The molecule has 0 aliphatic heterocycles. The monoisotopic (exact) mass is 620 g/mol. The standard InChI is InChI=1S/C33H33FN2O5S2/c1-3-33(17-20-4-5-21(14-20)18-33)25-12-10-23(11-13-25)22-6-8-24(9-7-22)31-35-19-30(42-31)43(39,40)36-28-16-27(34)26(32(37)38)15-29(28)41-2/h6-13,15-16,19-21,36H,3-5,14,17-18H2,1-2H3,(H,37,38)/t20-,21?,33?/m0/s1. The molecule has 0 saturated heterocycles. The highest BCUT2D eigenvalue weighted by molar-refractivity contribution is 7.94. The lowest BCUT2D eigenvalue weighted by Crippen LogP contribution is -2.33. The molecule has 3 atom stereocenters. The number of aromatic carboxylic acids is 1. The van der Waals surface area contributed by atoms with Gasteiger partial charge >= 0.3 is 5.97 Å². The van der Waals surface area contributed by atoms with E-state index >= 15 is 0 Å². The maximum atomic E-state index is 14.3. The highest BCUT2D eigenvalue weighted by Crippen LogP contribution is 2.53. The summed E-state index contributed by atoms with van der Waals surface area (Å²) in [5.41, 5.74) is 3.87. The minimum Gasteiger partial charge on any atom is -0.495 e. The molecule has 2 saturated carbocycles. The van der Waals surface area contributed by atoms with Crippen molar-refractivity contribution in [1.82, 2.24) is 4.98 Å². The number of ether oxygens (including phenoxy) is 1. The van der Waals surface area contributed by atoms with Crippen molar-refractivity contribution in [2.24, 2.45) is 11.8 Å². The summed E-state index contributed by atoms with van der Waals surface area (Å²) in [7, 11) is -2.91. The molecule has 2 bridgehead atoms. The van der Waals surface area contributed by atoms with Crippen molar-refractivity contribution in [1.29, 1.82) is 0 Å². The van der Waals surface area contributed by atoms with Crippen LogP contribution in [0, 0.1) is 17.7 Å². The smallest absolute Gasteiger partial charge is 0.338 e. The largest absolute Gasteiger partial charge is 0.495 e. The first-order valence-electron chi connectivity index (χ1n) is 14.4. The number of aromatic nitrogens is 1. The fourth-order valence-corrected chi connectivity index (χ4v) is 9.16. The van der Waals surface area contributed by atoms with Gasteiger partial charge in [0.15, 0.2) is 4.21 Å². The fraction of sp³-hybridized carbons (Fsp3) is 0.333. The number of methoxy groups -OCH3 is 1. The Kier molecular flexibility index (Phi) is 7.76. The third-order valence-corrected chi connectivity index (χ3v) is 12.0. The van der Waals surface area contributed by atoms with E-state index in [-0.39, 0.29) is 15.6 Å². The van der Waals surface area contributed by atoms with Gasteiger partial charge in [-0.05, 0) is 65.7 Å². The van der Waals surface area contributed by atoms with Crippen LogP contribution in [0.1, 0.15) is 61.4 Å². The Labute approximate surface area is 254 Å². The van der Waals surface area contributed by atoms with Gasteiger partial charge in [0.1, 0.15) is 16.6 Å². The van der Waals surface area contributed by atoms with Crippen LogP contribution in [-0.4, -0.2) is 31.6 Å². The molecule has 4 aromatic rings. The van der Waals surface area contributed by atoms with Crippen LogP contribution in [0.15, 0.2) is 71.1 Å². The van der Waals surface area contributed by atoms with E-state index in [2.05, 4.69) is 40.9 Å². The summed E-state index contributed by atoms with van der Waals surface area (Å²) in [4.78, 5) is 15.5. The molecule has 2 unspecified atom stereocenters. The summed E-state index contributed by atoms with van der Waals surface area (Å²) in [5.74, 6) is -0.947. The number of halogens is 1. The molecule has 1 heterocycles. The molecule has 2 aliphatic carbocycles. The molecule has 2 fully saturated rings. The number of nitrogens with zero attached hydrogens (tertiary/aromatic N) is 1. The van der Waals surface area contributed by atoms with Crippen LogP contribution in [0.3, 0.4) is 0 Å². The lowest BCUT2D eigenvalue weighted by molar-refractivity contribution is 0.0691. The zero-order valence-electron chi connectivity index (χ0n) is 24.0. The van der Waals surface area contributed by atoms with E-state index in [1.165, 1.54) is 57.4 Å². The van der Waals surface area contributed by atoms with Crippen LogP contribution in [0.2, 0.25) is 0 Å². The fourth-order valence-electron chi connectivity index (χ4n) is 6.97. The first-order valence-corrected chi connectivity index (χ1v) is 16.7. The molecular formula is C33H33FN2O5S2. The zero-order chi connectivity index (χ0) is 30.4. The van der Waals surface area contributed by atoms with E-state index in [4.69, 9.17) is 9.84 Å². The van der Waals surface area contributed by atoms with Gasteiger partial charge in [0, 0.05) is 11.6 Å². The van der Waals surface area contributed by atoms with Gasteiger partial charge in [-0.3, -0.25) is 4.72 Å². The zero-order valence-corrected chi connectivity index (χ0v) is 25.6. The van der Waals surface area contributed by atoms with Crippen molar-refractivity contribution < 1.29 is 27.4 Å². The van der Waals surface area contributed by atoms with E-state index in [0.717, 1.165) is 52.0 Å². The highest BCUT2D eigenvalue weighted by atomic mass is 32.2. The summed E-state index contributed by atoms with van der Waals surface area (Å²) in [5, 5.41) is 9.65. The third-order valence-electron chi connectivity index (χ3n) is 9.16. The predicted molar refractivity (Wildman–Crippen MR) is 166 cm³/mol. The van der Waals surface area contributed by atoms with Crippen LogP contribution in [0.4, 0.5) is 10.1 Å². The molecule has 0 amide bonds. The topological polar surface area (TPSA) is 106 Å². The van der Waals surface area contributed by atoms with Crippen LogP contribution >= 0.6 is 11.3 Å². The highest BCUT2D eigenvalue weighted by Gasteiger charge is 2.43. The van der Waals surface area contributed by atoms with E-state index in [1.807, 2.05) is 24.3 Å². The van der Waals surface area contributed by atoms with Gasteiger partial charge in [-0.15, -0.1) is 11.3 Å². The van der Waals surface area contributed by atoms with Crippen LogP contribution in [0.5, 0.6) is 5.75 Å². The summed E-state index contributed by atoms with van der Waals surface area (Å²) in [6, 6.07) is 18.6. The SMILES string of the molecule is CCC1(c2ccc(-c3ccc(-c4ncc(S(=O)(=O)Nc5cc(F)c(C(=O)O)cc5OC)s4)cc3)cc2)CC2CC[C@@H](C2)C1. The Morgan fingerprint density at radius 1 is 1.05 bits per heavy atom. The lowest BCUT2D eigenvalue weighted by atomic mass is 9.64. The van der Waals surface area contributed by atoms with Crippen LogP contribution in [-0.2, 0) is 15.4 Å². The molecule has 3 aromatic carbocycles. The quantitative estimate of drug-likeness (QED) is 0.197. The number of carboxylic acids is 1. The molecule has 0 spiro atoms. The Morgan fingerprint density at radius 2 is 1.65 bits per heavy atom. The third kappa shape index (κ3) is 5.65. The average Bonchev–Trinajstić information content (AvgIpc) is 3.64. The molecule has 6 rings (SSSR count). The summed E-state index contributed by atoms with van der Waals surface area (Å²) < 4.78 is 47.7. The number of hydrogen-bond acceptors (Lipinski definition) is 6. The minimum absolute atomic E-state index is 0.0760. The summed E-state index contributed by atoms with van der Waals surface area (Å²) in [6.45, 7) is 2.33.